The van der Waals surface area contributed by atoms with Crippen molar-refractivity contribution in [3.8, 4) is 0 Å². The molecule has 46 heavy (non-hydrogen) atoms. The molecule has 10 rings (SSSR count). The summed E-state index contributed by atoms with van der Waals surface area (Å²) in [4.78, 5) is 5.11. The molecule has 7 aliphatic rings. The molecule has 0 amide bonds. The van der Waals surface area contributed by atoms with Gasteiger partial charge in [0.25, 0.3) is 0 Å². The topological polar surface area (TPSA) is 87.4 Å². The van der Waals surface area contributed by atoms with Gasteiger partial charge in [0, 0.05) is 64.8 Å². The van der Waals surface area contributed by atoms with Crippen LogP contribution < -0.4 is 0 Å². The van der Waals surface area contributed by atoms with Gasteiger partial charge in [0.2, 0.25) is 0 Å². The predicted octanol–water partition coefficient (Wildman–Crippen LogP) is 3.98. The van der Waals surface area contributed by atoms with E-state index >= 15 is 0 Å². The standard InChI is InChI=1S/C40H44N2O4/c43-23-37-31(29-17-9-3-10-18-29)38(24-44)34-40(26-46)32(30-19-11-4-12-20-30)39(25-45,33(37)41(34)21-27-13-5-1-6-14-27)35(37)42(36(38)40)22-28-15-7-2-8-16-28/h1-19,30-36,43-46H,20-26H2. The number of nitrogens with zero attached hydrogens (tertiary/aromatic N) is 2. The summed E-state index contributed by atoms with van der Waals surface area (Å²) < 4.78 is 0. The van der Waals surface area contributed by atoms with E-state index in [0.717, 1.165) is 12.0 Å². The highest BCUT2D eigenvalue weighted by Gasteiger charge is 2.99. The summed E-state index contributed by atoms with van der Waals surface area (Å²) in [7, 11) is 0. The Bertz CT molecular complexity index is 1540. The van der Waals surface area contributed by atoms with Crippen molar-refractivity contribution in [3.63, 3.8) is 0 Å². The molecular weight excluding hydrogens is 572 g/mol. The number of piperidine rings is 4. The maximum absolute atomic E-state index is 12.0. The molecule has 238 valence electrons. The van der Waals surface area contributed by atoms with Crippen LogP contribution in [-0.4, -0.2) is 80.8 Å². The van der Waals surface area contributed by atoms with Crippen LogP contribution in [-0.2, 0) is 13.1 Å². The molecule has 0 spiro atoms. The van der Waals surface area contributed by atoms with Crippen LogP contribution in [0.1, 0.15) is 29.0 Å². The Morgan fingerprint density at radius 1 is 0.543 bits per heavy atom. The smallest absolute Gasteiger partial charge is 0.0524 e. The molecule has 3 aromatic carbocycles. The van der Waals surface area contributed by atoms with Gasteiger partial charge in [0.15, 0.2) is 0 Å². The van der Waals surface area contributed by atoms with E-state index in [2.05, 4.69) is 107 Å². The maximum atomic E-state index is 12.0. The van der Waals surface area contributed by atoms with Gasteiger partial charge in [0.1, 0.15) is 0 Å². The summed E-state index contributed by atoms with van der Waals surface area (Å²) in [6, 6.07) is 30.9. The molecule has 3 aromatic rings. The van der Waals surface area contributed by atoms with Gasteiger partial charge in [-0.25, -0.2) is 0 Å². The van der Waals surface area contributed by atoms with Crippen LogP contribution in [0.4, 0.5) is 0 Å². The summed E-state index contributed by atoms with van der Waals surface area (Å²) in [5, 5.41) is 47.9. The average molecular weight is 617 g/mol. The van der Waals surface area contributed by atoms with Crippen LogP contribution in [0.15, 0.2) is 115 Å². The Morgan fingerprint density at radius 3 is 1.37 bits per heavy atom. The van der Waals surface area contributed by atoms with Crippen molar-refractivity contribution in [2.24, 2.45) is 33.5 Å². The van der Waals surface area contributed by atoms with Crippen molar-refractivity contribution in [3.05, 3.63) is 132 Å². The van der Waals surface area contributed by atoms with E-state index in [9.17, 15) is 20.4 Å². The van der Waals surface area contributed by atoms with E-state index in [1.165, 1.54) is 11.1 Å². The Morgan fingerprint density at radius 2 is 0.978 bits per heavy atom. The zero-order chi connectivity index (χ0) is 31.3. The molecule has 6 heteroatoms. The Labute approximate surface area is 271 Å². The molecule has 4 aliphatic heterocycles. The molecule has 6 nitrogen and oxygen atoms in total. The van der Waals surface area contributed by atoms with E-state index in [-0.39, 0.29) is 68.3 Å². The van der Waals surface area contributed by atoms with Crippen molar-refractivity contribution < 1.29 is 20.4 Å². The minimum Gasteiger partial charge on any atom is -0.396 e. The highest BCUT2D eigenvalue weighted by atomic mass is 16.3. The lowest BCUT2D eigenvalue weighted by atomic mass is 9.15. The summed E-state index contributed by atoms with van der Waals surface area (Å²) >= 11 is 0. The molecule has 4 N–H and O–H groups in total. The third-order valence-electron chi connectivity index (χ3n) is 13.7. The van der Waals surface area contributed by atoms with Gasteiger partial charge >= 0.3 is 0 Å². The zero-order valence-electron chi connectivity index (χ0n) is 26.1. The quantitative estimate of drug-likeness (QED) is 0.276. The van der Waals surface area contributed by atoms with Crippen LogP contribution in [0, 0.1) is 33.5 Å². The Hall–Kier alpha value is -3.10. The Balaban J connectivity index is 1.34. The molecule has 0 radical (unpaired) electrons. The predicted molar refractivity (Wildman–Crippen MR) is 176 cm³/mol. The molecule has 8 bridgehead atoms. The third-order valence-corrected chi connectivity index (χ3v) is 13.7. The fourth-order valence-corrected chi connectivity index (χ4v) is 13.4. The van der Waals surface area contributed by atoms with E-state index in [1.807, 2.05) is 18.2 Å². The van der Waals surface area contributed by atoms with Gasteiger partial charge < -0.3 is 20.4 Å². The van der Waals surface area contributed by atoms with Gasteiger partial charge in [-0.15, -0.1) is 0 Å². The van der Waals surface area contributed by atoms with Gasteiger partial charge in [-0.1, -0.05) is 115 Å². The lowest BCUT2D eigenvalue weighted by molar-refractivity contribution is -0.508. The molecule has 5 unspecified atom stereocenters. The summed E-state index contributed by atoms with van der Waals surface area (Å²) in [5.74, 6) is 0.0253. The first kappa shape index (κ1) is 29.1. The fourth-order valence-electron chi connectivity index (χ4n) is 13.4. The summed E-state index contributed by atoms with van der Waals surface area (Å²) in [6.45, 7) is 1.18. The van der Waals surface area contributed by atoms with Crippen molar-refractivity contribution in [1.82, 2.24) is 9.80 Å². The SMILES string of the molecule is OCC12C(c3ccccc3)C3(CO)C4N(Cc5ccccc5)C1C1(CO)C(C5C=CC=CC5)C4(CO)C3N(Cc3ccccc3)C21. The first-order valence-corrected chi connectivity index (χ1v) is 17.0. The molecule has 5 atom stereocenters. The molecule has 4 heterocycles. The lowest BCUT2D eigenvalue weighted by Gasteiger charge is -2.99. The average Bonchev–Trinajstić information content (AvgIpc) is 3.09. The van der Waals surface area contributed by atoms with E-state index in [1.54, 1.807) is 0 Å². The molecule has 6 fully saturated rings. The van der Waals surface area contributed by atoms with Crippen LogP contribution in [0.3, 0.4) is 0 Å². The van der Waals surface area contributed by atoms with Gasteiger partial charge in [-0.2, -0.15) is 0 Å². The van der Waals surface area contributed by atoms with E-state index in [4.69, 9.17) is 0 Å². The van der Waals surface area contributed by atoms with E-state index in [0.29, 0.717) is 13.1 Å². The number of aliphatic hydroxyl groups is 4. The van der Waals surface area contributed by atoms with Gasteiger partial charge in [-0.3, -0.25) is 9.80 Å². The lowest BCUT2D eigenvalue weighted by Crippen LogP contribution is -3.08. The molecule has 4 saturated heterocycles. The Kier molecular flexibility index (Phi) is 6.45. The van der Waals surface area contributed by atoms with Crippen LogP contribution in [0.2, 0.25) is 0 Å². The van der Waals surface area contributed by atoms with Crippen molar-refractivity contribution in [2.45, 2.75) is 49.6 Å². The number of allylic oxidation sites excluding steroid dienone is 4. The monoisotopic (exact) mass is 616 g/mol. The molecule has 0 aromatic heterocycles. The first-order valence-electron chi connectivity index (χ1n) is 17.0. The second kappa shape index (κ2) is 10.2. The zero-order valence-corrected chi connectivity index (χ0v) is 26.1. The van der Waals surface area contributed by atoms with Crippen LogP contribution >= 0.6 is 0 Å². The van der Waals surface area contributed by atoms with Crippen molar-refractivity contribution >= 4 is 0 Å². The number of rotatable bonds is 10. The maximum Gasteiger partial charge on any atom is 0.0524 e. The minimum atomic E-state index is -0.627. The number of aliphatic hydroxyl groups excluding tert-OH is 4. The first-order chi connectivity index (χ1) is 22.6. The number of benzene rings is 3. The number of hydrogen-bond donors (Lipinski definition) is 4. The molecule has 3 aliphatic carbocycles. The largest absolute Gasteiger partial charge is 0.396 e. The summed E-state index contributed by atoms with van der Waals surface area (Å²) in [6.07, 6.45) is 9.62. The van der Waals surface area contributed by atoms with Gasteiger partial charge in [0.05, 0.1) is 26.4 Å². The van der Waals surface area contributed by atoms with Crippen LogP contribution in [0.5, 0.6) is 0 Å². The summed E-state index contributed by atoms with van der Waals surface area (Å²) in [5.41, 5.74) is 1.06. The van der Waals surface area contributed by atoms with Crippen molar-refractivity contribution in [2.75, 3.05) is 26.4 Å². The highest BCUT2D eigenvalue weighted by Crippen LogP contribution is 2.91. The van der Waals surface area contributed by atoms with Gasteiger partial charge in [-0.05, 0) is 34.9 Å². The van der Waals surface area contributed by atoms with E-state index < -0.39 is 21.7 Å². The van der Waals surface area contributed by atoms with Crippen molar-refractivity contribution in [1.29, 1.82) is 0 Å². The highest BCUT2D eigenvalue weighted by molar-refractivity contribution is 5.54. The minimum absolute atomic E-state index is 0.00341. The number of hydrogen-bond acceptors (Lipinski definition) is 6. The second-order valence-corrected chi connectivity index (χ2v) is 15.0. The molecular formula is C40H44N2O4. The second-order valence-electron chi connectivity index (χ2n) is 15.0. The fraction of sp³-hybridized carbons (Fsp3) is 0.450. The normalized spacial score (nSPS) is 43.0. The molecule has 2 saturated carbocycles. The van der Waals surface area contributed by atoms with Crippen LogP contribution in [0.25, 0.3) is 0 Å². The third kappa shape index (κ3) is 3.10.